The SMILES string of the molecule is CNC(=O)[C@@]12C[C@@H]1[C@@H](n1cnc3c(NC4CCCC4)nc(Cl)nc31)[C@H](O)[C@@H]2O. The second-order valence-electron chi connectivity index (χ2n) is 8.15. The van der Waals surface area contributed by atoms with E-state index in [9.17, 15) is 15.0 Å². The Labute approximate surface area is 166 Å². The quantitative estimate of drug-likeness (QED) is 0.555. The molecular formula is C18H23ClN6O3. The Bertz CT molecular complexity index is 945. The molecule has 2 aromatic heterocycles. The molecule has 0 aliphatic heterocycles. The Hall–Kier alpha value is -1.97. The molecule has 28 heavy (non-hydrogen) atoms. The molecule has 2 heterocycles. The molecule has 0 bridgehead atoms. The van der Waals surface area contributed by atoms with Crippen molar-refractivity contribution in [2.45, 2.75) is 56.4 Å². The van der Waals surface area contributed by atoms with Crippen LogP contribution in [0.2, 0.25) is 5.28 Å². The number of nitrogens with zero attached hydrogens (tertiary/aromatic N) is 4. The lowest BCUT2D eigenvalue weighted by molar-refractivity contribution is -0.132. The third-order valence-corrected chi connectivity index (χ3v) is 6.90. The highest BCUT2D eigenvalue weighted by molar-refractivity contribution is 6.28. The first-order valence-electron chi connectivity index (χ1n) is 9.72. The van der Waals surface area contributed by atoms with E-state index in [1.165, 1.54) is 12.8 Å². The second kappa shape index (κ2) is 6.27. The van der Waals surface area contributed by atoms with Crippen LogP contribution in [0.25, 0.3) is 11.2 Å². The van der Waals surface area contributed by atoms with E-state index in [1.54, 1.807) is 17.9 Å². The molecule has 3 saturated carbocycles. The van der Waals surface area contributed by atoms with Crippen LogP contribution in [0.1, 0.15) is 38.1 Å². The molecule has 150 valence electrons. The third kappa shape index (κ3) is 2.39. The molecule has 1 amide bonds. The van der Waals surface area contributed by atoms with Crippen LogP contribution in [-0.2, 0) is 4.79 Å². The number of fused-ring (bicyclic) bond motifs is 2. The van der Waals surface area contributed by atoms with Gasteiger partial charge in [-0.1, -0.05) is 12.8 Å². The summed E-state index contributed by atoms with van der Waals surface area (Å²) < 4.78 is 1.74. The van der Waals surface area contributed by atoms with Gasteiger partial charge in [0.25, 0.3) is 0 Å². The zero-order valence-electron chi connectivity index (χ0n) is 15.5. The molecule has 4 N–H and O–H groups in total. The van der Waals surface area contributed by atoms with Gasteiger partial charge in [-0.25, -0.2) is 4.98 Å². The average molecular weight is 407 g/mol. The maximum atomic E-state index is 12.3. The monoisotopic (exact) mass is 406 g/mol. The van der Waals surface area contributed by atoms with Gasteiger partial charge in [-0.15, -0.1) is 0 Å². The molecule has 10 heteroatoms. The van der Waals surface area contributed by atoms with Crippen molar-refractivity contribution < 1.29 is 15.0 Å². The van der Waals surface area contributed by atoms with Gasteiger partial charge in [0.15, 0.2) is 17.0 Å². The Morgan fingerprint density at radius 1 is 1.32 bits per heavy atom. The van der Waals surface area contributed by atoms with E-state index >= 15 is 0 Å². The number of carbonyl (C=O) groups is 1. The number of hydrogen-bond acceptors (Lipinski definition) is 7. The minimum absolute atomic E-state index is 0.0937. The molecule has 2 aromatic rings. The Morgan fingerprint density at radius 3 is 2.79 bits per heavy atom. The van der Waals surface area contributed by atoms with E-state index < -0.39 is 23.7 Å². The predicted octanol–water partition coefficient (Wildman–Crippen LogP) is 0.863. The Balaban J connectivity index is 1.54. The molecule has 0 saturated heterocycles. The third-order valence-electron chi connectivity index (χ3n) is 6.73. The van der Waals surface area contributed by atoms with Gasteiger partial charge in [-0.05, 0) is 30.9 Å². The minimum atomic E-state index is -1.13. The summed E-state index contributed by atoms with van der Waals surface area (Å²) in [5.74, 6) is 0.157. The standard InChI is InChI=1S/C18H23ClN6O3/c1-20-16(28)18-6-9(18)11(12(26)13(18)27)25-7-21-10-14(22-8-4-2-3-5-8)23-17(19)24-15(10)25/h7-9,11-13,26-27H,2-6H2,1H3,(H,20,28)(H,22,23,24)/t9-,11-,12+,13+,18+/m1/s1. The molecular weight excluding hydrogens is 384 g/mol. The highest BCUT2D eigenvalue weighted by atomic mass is 35.5. The maximum absolute atomic E-state index is 12.3. The van der Waals surface area contributed by atoms with Gasteiger partial charge in [0.1, 0.15) is 6.10 Å². The van der Waals surface area contributed by atoms with Gasteiger partial charge in [-0.3, -0.25) is 4.79 Å². The van der Waals surface area contributed by atoms with E-state index in [2.05, 4.69) is 25.6 Å². The number of nitrogens with one attached hydrogen (secondary N) is 2. The van der Waals surface area contributed by atoms with E-state index in [4.69, 9.17) is 11.6 Å². The summed E-state index contributed by atoms with van der Waals surface area (Å²) >= 11 is 6.18. The lowest BCUT2D eigenvalue weighted by Crippen LogP contribution is -2.41. The van der Waals surface area contributed by atoms with Crippen LogP contribution in [0.15, 0.2) is 6.33 Å². The highest BCUT2D eigenvalue weighted by Crippen LogP contribution is 2.67. The number of anilines is 1. The van der Waals surface area contributed by atoms with Crippen LogP contribution in [0.5, 0.6) is 0 Å². The van der Waals surface area contributed by atoms with E-state index in [0.717, 1.165) is 12.8 Å². The van der Waals surface area contributed by atoms with E-state index in [0.29, 0.717) is 29.4 Å². The molecule has 5 rings (SSSR count). The second-order valence-corrected chi connectivity index (χ2v) is 8.49. The van der Waals surface area contributed by atoms with E-state index in [-0.39, 0.29) is 17.1 Å². The number of aromatic nitrogens is 4. The van der Waals surface area contributed by atoms with Crippen LogP contribution in [0.3, 0.4) is 0 Å². The first-order valence-corrected chi connectivity index (χ1v) is 10.1. The van der Waals surface area contributed by atoms with Crippen LogP contribution in [0, 0.1) is 11.3 Å². The predicted molar refractivity (Wildman–Crippen MR) is 102 cm³/mol. The highest BCUT2D eigenvalue weighted by Gasteiger charge is 2.75. The van der Waals surface area contributed by atoms with Gasteiger partial charge in [-0.2, -0.15) is 9.97 Å². The summed E-state index contributed by atoms with van der Waals surface area (Å²) in [4.78, 5) is 25.5. The molecule has 0 aromatic carbocycles. The summed E-state index contributed by atoms with van der Waals surface area (Å²) in [5, 5.41) is 27.4. The Kier molecular flexibility index (Phi) is 4.05. The van der Waals surface area contributed by atoms with Gasteiger partial charge in [0, 0.05) is 19.0 Å². The zero-order valence-corrected chi connectivity index (χ0v) is 16.2. The topological polar surface area (TPSA) is 125 Å². The smallest absolute Gasteiger partial charge is 0.229 e. The fraction of sp³-hybridized carbons (Fsp3) is 0.667. The molecule has 3 aliphatic carbocycles. The van der Waals surface area contributed by atoms with Crippen molar-refractivity contribution in [1.29, 1.82) is 0 Å². The van der Waals surface area contributed by atoms with Gasteiger partial charge < -0.3 is 25.4 Å². The molecule has 3 fully saturated rings. The summed E-state index contributed by atoms with van der Waals surface area (Å²) in [7, 11) is 1.54. The number of amides is 1. The van der Waals surface area contributed by atoms with Gasteiger partial charge in [0.05, 0.1) is 23.9 Å². The van der Waals surface area contributed by atoms with Crippen molar-refractivity contribution in [3.63, 3.8) is 0 Å². The fourth-order valence-electron chi connectivity index (χ4n) is 5.26. The molecule has 3 aliphatic rings. The number of aliphatic hydroxyl groups is 2. The van der Waals surface area contributed by atoms with Crippen molar-refractivity contribution in [3.05, 3.63) is 11.6 Å². The van der Waals surface area contributed by atoms with Crippen molar-refractivity contribution in [3.8, 4) is 0 Å². The summed E-state index contributed by atoms with van der Waals surface area (Å²) in [6.07, 6.45) is 4.41. The molecule has 5 atom stereocenters. The molecule has 9 nitrogen and oxygen atoms in total. The first-order chi connectivity index (χ1) is 13.5. The van der Waals surface area contributed by atoms with Crippen LogP contribution < -0.4 is 10.6 Å². The molecule has 0 unspecified atom stereocenters. The van der Waals surface area contributed by atoms with Crippen molar-refractivity contribution in [1.82, 2.24) is 24.8 Å². The van der Waals surface area contributed by atoms with E-state index in [1.807, 2.05) is 0 Å². The minimum Gasteiger partial charge on any atom is -0.389 e. The van der Waals surface area contributed by atoms with Crippen LogP contribution in [0.4, 0.5) is 5.82 Å². The Morgan fingerprint density at radius 2 is 2.07 bits per heavy atom. The zero-order chi connectivity index (χ0) is 19.6. The number of halogens is 1. The summed E-state index contributed by atoms with van der Waals surface area (Å²) in [6, 6.07) is -0.162. The summed E-state index contributed by atoms with van der Waals surface area (Å²) in [6.45, 7) is 0. The number of aliphatic hydroxyl groups excluding tert-OH is 2. The summed E-state index contributed by atoms with van der Waals surface area (Å²) in [5.41, 5.74) is 0.129. The largest absolute Gasteiger partial charge is 0.389 e. The fourth-order valence-corrected chi connectivity index (χ4v) is 5.42. The lowest BCUT2D eigenvalue weighted by Gasteiger charge is -2.23. The molecule has 0 spiro atoms. The van der Waals surface area contributed by atoms with Crippen molar-refractivity contribution >= 4 is 34.5 Å². The molecule has 0 radical (unpaired) electrons. The maximum Gasteiger partial charge on any atom is 0.229 e. The first kappa shape index (κ1) is 18.1. The van der Waals surface area contributed by atoms with Crippen molar-refractivity contribution in [2.75, 3.05) is 12.4 Å². The van der Waals surface area contributed by atoms with Crippen LogP contribution >= 0.6 is 11.6 Å². The van der Waals surface area contributed by atoms with Gasteiger partial charge in [0.2, 0.25) is 11.2 Å². The lowest BCUT2D eigenvalue weighted by atomic mass is 9.98. The number of carbonyl (C=O) groups excluding carboxylic acids is 1. The average Bonchev–Trinajstić information content (AvgIpc) is 2.96. The number of hydrogen-bond donors (Lipinski definition) is 4. The van der Waals surface area contributed by atoms with Crippen molar-refractivity contribution in [2.24, 2.45) is 11.3 Å². The number of imidazole rings is 1. The van der Waals surface area contributed by atoms with Crippen LogP contribution in [-0.4, -0.2) is 60.9 Å². The number of rotatable bonds is 4. The van der Waals surface area contributed by atoms with Gasteiger partial charge >= 0.3 is 0 Å². The normalized spacial score (nSPS) is 34.6.